The molecule has 0 unspecified atom stereocenters. The third kappa shape index (κ3) is 1.86. The topological polar surface area (TPSA) is 67.0 Å². The number of aromatic nitrogens is 2. The van der Waals surface area contributed by atoms with E-state index in [1.807, 2.05) is 13.0 Å². The lowest BCUT2D eigenvalue weighted by Gasteiger charge is -2.25. The Morgan fingerprint density at radius 1 is 1.36 bits per heavy atom. The van der Waals surface area contributed by atoms with Crippen molar-refractivity contribution in [1.82, 2.24) is 10.2 Å². The minimum atomic E-state index is -0.329. The second kappa shape index (κ2) is 4.76. The van der Waals surface area contributed by atoms with E-state index in [9.17, 15) is 4.79 Å². The largest absolute Gasteiger partial charge is 0.456 e. The monoisotopic (exact) mass is 335 g/mol. The first-order valence-corrected chi connectivity index (χ1v) is 7.49. The lowest BCUT2D eigenvalue weighted by Crippen LogP contribution is -2.20. The quantitative estimate of drug-likeness (QED) is 0.784. The summed E-state index contributed by atoms with van der Waals surface area (Å²) in [5.74, 6) is 0.0556. The van der Waals surface area contributed by atoms with Crippen LogP contribution in [-0.4, -0.2) is 22.8 Å². The highest BCUT2D eigenvalue weighted by atomic mass is 35.5. The second-order valence-electron chi connectivity index (χ2n) is 5.30. The summed E-state index contributed by atoms with van der Waals surface area (Å²) < 4.78 is 5.17. The van der Waals surface area contributed by atoms with Gasteiger partial charge < -0.3 is 10.1 Å². The molecule has 0 radical (unpaired) electrons. The van der Waals surface area contributed by atoms with Gasteiger partial charge in [-0.15, -0.1) is 0 Å². The Hall–Kier alpha value is -1.98. The highest BCUT2D eigenvalue weighted by molar-refractivity contribution is 6.35. The number of H-pyrrole nitrogens is 1. The highest BCUT2D eigenvalue weighted by Gasteiger charge is 2.41. The molecule has 2 aliphatic heterocycles. The summed E-state index contributed by atoms with van der Waals surface area (Å²) in [5, 5.41) is 11.4. The van der Waals surface area contributed by atoms with Crippen LogP contribution in [0.2, 0.25) is 10.0 Å². The maximum atomic E-state index is 12.2. The normalized spacial score (nSPS) is 19.6. The molecule has 112 valence electrons. The number of anilines is 1. The number of ether oxygens (including phenoxy) is 1. The molecule has 0 amide bonds. The molecule has 1 aromatic heterocycles. The van der Waals surface area contributed by atoms with Crippen LogP contribution in [0.4, 0.5) is 5.82 Å². The van der Waals surface area contributed by atoms with Crippen LogP contribution in [0.15, 0.2) is 29.5 Å². The van der Waals surface area contributed by atoms with Crippen LogP contribution in [0.3, 0.4) is 0 Å². The van der Waals surface area contributed by atoms with Gasteiger partial charge in [0.15, 0.2) is 5.82 Å². The van der Waals surface area contributed by atoms with Crippen LogP contribution in [0, 0.1) is 6.92 Å². The van der Waals surface area contributed by atoms with Gasteiger partial charge in [0, 0.05) is 21.3 Å². The van der Waals surface area contributed by atoms with Crippen molar-refractivity contribution in [3.8, 4) is 0 Å². The zero-order valence-electron chi connectivity index (χ0n) is 11.5. The molecule has 3 heterocycles. The molecule has 1 atom stereocenters. The molecule has 0 saturated carbocycles. The number of hydrogen-bond donors (Lipinski definition) is 2. The first-order chi connectivity index (χ1) is 10.6. The fourth-order valence-corrected chi connectivity index (χ4v) is 3.55. The number of aromatic amines is 1. The number of rotatable bonds is 1. The SMILES string of the molecule is Cc1[nH]nc2c1[C@H](c1ccc(Cl)cc1Cl)C1=C(COC1=O)N2. The smallest absolute Gasteiger partial charge is 0.337 e. The standard InChI is InChI=1S/C15H11Cl2N3O2/c1-6-11-12(8-3-2-7(16)4-9(8)17)13-10(5-22-15(13)21)18-14(11)20-19-6/h2-4,12H,5H2,1H3,(H2,18,19,20)/t12-/m0/s1. The van der Waals surface area contributed by atoms with Crippen molar-refractivity contribution < 1.29 is 9.53 Å². The maximum Gasteiger partial charge on any atom is 0.337 e. The summed E-state index contributed by atoms with van der Waals surface area (Å²) in [4.78, 5) is 12.2. The first kappa shape index (κ1) is 13.7. The average molecular weight is 336 g/mol. The number of benzene rings is 1. The van der Waals surface area contributed by atoms with Crippen LogP contribution in [0.1, 0.15) is 22.7 Å². The molecule has 7 heteroatoms. The molecule has 0 saturated heterocycles. The summed E-state index contributed by atoms with van der Waals surface area (Å²) in [7, 11) is 0. The Labute approximate surface area is 136 Å². The van der Waals surface area contributed by atoms with Crippen LogP contribution < -0.4 is 5.32 Å². The number of fused-ring (bicyclic) bond motifs is 1. The number of nitrogens with zero attached hydrogens (tertiary/aromatic N) is 1. The van der Waals surface area contributed by atoms with Gasteiger partial charge in [0.1, 0.15) is 6.61 Å². The van der Waals surface area contributed by atoms with Crippen molar-refractivity contribution >= 4 is 35.0 Å². The first-order valence-electron chi connectivity index (χ1n) is 6.73. The van der Waals surface area contributed by atoms with Gasteiger partial charge in [0.05, 0.1) is 17.2 Å². The van der Waals surface area contributed by atoms with Gasteiger partial charge >= 0.3 is 5.97 Å². The van der Waals surface area contributed by atoms with Gasteiger partial charge in [-0.1, -0.05) is 29.3 Å². The summed E-state index contributed by atoms with van der Waals surface area (Å²) >= 11 is 12.4. The van der Waals surface area contributed by atoms with E-state index < -0.39 is 0 Å². The summed E-state index contributed by atoms with van der Waals surface area (Å²) in [6.07, 6.45) is 0. The van der Waals surface area contributed by atoms with Crippen LogP contribution >= 0.6 is 23.2 Å². The van der Waals surface area contributed by atoms with E-state index in [1.54, 1.807) is 12.1 Å². The fourth-order valence-electron chi connectivity index (χ4n) is 3.03. The molecule has 5 nitrogen and oxygen atoms in total. The van der Waals surface area contributed by atoms with E-state index in [2.05, 4.69) is 15.5 Å². The Morgan fingerprint density at radius 2 is 2.18 bits per heavy atom. The minimum absolute atomic E-state index is 0.223. The van der Waals surface area contributed by atoms with Crippen molar-refractivity contribution in [2.75, 3.05) is 11.9 Å². The third-order valence-corrected chi connectivity index (χ3v) is 4.57. The van der Waals surface area contributed by atoms with Crippen molar-refractivity contribution in [2.45, 2.75) is 12.8 Å². The molecule has 2 N–H and O–H groups in total. The second-order valence-corrected chi connectivity index (χ2v) is 6.15. The van der Waals surface area contributed by atoms with E-state index in [-0.39, 0.29) is 18.5 Å². The predicted octanol–water partition coefficient (Wildman–Crippen LogP) is 3.39. The average Bonchev–Trinajstić information content (AvgIpc) is 3.02. The highest BCUT2D eigenvalue weighted by Crippen LogP contribution is 2.46. The van der Waals surface area contributed by atoms with Crippen molar-refractivity contribution in [2.24, 2.45) is 0 Å². The number of aryl methyl sites for hydroxylation is 1. The van der Waals surface area contributed by atoms with E-state index in [1.165, 1.54) is 0 Å². The molecule has 0 spiro atoms. The maximum absolute atomic E-state index is 12.2. The Kier molecular flexibility index (Phi) is 2.96. The van der Waals surface area contributed by atoms with Crippen LogP contribution in [-0.2, 0) is 9.53 Å². The molecule has 0 bridgehead atoms. The molecule has 1 aromatic carbocycles. The Morgan fingerprint density at radius 3 is 2.95 bits per heavy atom. The van der Waals surface area contributed by atoms with E-state index >= 15 is 0 Å². The number of nitrogens with one attached hydrogen (secondary N) is 2. The van der Waals surface area contributed by atoms with Gasteiger partial charge in [-0.05, 0) is 24.6 Å². The molecule has 0 aliphatic carbocycles. The third-order valence-electron chi connectivity index (χ3n) is 4.01. The predicted molar refractivity (Wildman–Crippen MR) is 83.2 cm³/mol. The Bertz CT molecular complexity index is 841. The zero-order chi connectivity index (χ0) is 15.4. The minimum Gasteiger partial charge on any atom is -0.456 e. The molecule has 2 aliphatic rings. The number of hydrogen-bond acceptors (Lipinski definition) is 4. The molecular formula is C15H11Cl2N3O2. The molecule has 0 fully saturated rings. The summed E-state index contributed by atoms with van der Waals surface area (Å²) in [6.45, 7) is 2.14. The lowest BCUT2D eigenvalue weighted by atomic mass is 9.82. The van der Waals surface area contributed by atoms with Crippen molar-refractivity contribution in [3.05, 3.63) is 56.3 Å². The van der Waals surface area contributed by atoms with Crippen LogP contribution in [0.25, 0.3) is 0 Å². The van der Waals surface area contributed by atoms with Gasteiger partial charge in [-0.25, -0.2) is 4.79 Å². The fraction of sp³-hybridized carbons (Fsp3) is 0.200. The Balaban J connectivity index is 1.98. The van der Waals surface area contributed by atoms with Crippen molar-refractivity contribution in [1.29, 1.82) is 0 Å². The van der Waals surface area contributed by atoms with Gasteiger partial charge in [-0.2, -0.15) is 5.10 Å². The van der Waals surface area contributed by atoms with Gasteiger partial charge in [0.25, 0.3) is 0 Å². The molecule has 4 rings (SSSR count). The molecule has 2 aromatic rings. The van der Waals surface area contributed by atoms with E-state index in [0.29, 0.717) is 21.4 Å². The van der Waals surface area contributed by atoms with Crippen molar-refractivity contribution in [3.63, 3.8) is 0 Å². The number of cyclic esters (lactones) is 1. The van der Waals surface area contributed by atoms with E-state index in [0.717, 1.165) is 22.5 Å². The van der Waals surface area contributed by atoms with E-state index in [4.69, 9.17) is 27.9 Å². The number of carbonyl (C=O) groups excluding carboxylic acids is 1. The van der Waals surface area contributed by atoms with Crippen LogP contribution in [0.5, 0.6) is 0 Å². The van der Waals surface area contributed by atoms with Gasteiger partial charge in [-0.3, -0.25) is 5.10 Å². The summed E-state index contributed by atoms with van der Waals surface area (Å²) in [6, 6.07) is 5.28. The number of halogens is 2. The number of esters is 1. The number of carbonyl (C=O) groups is 1. The zero-order valence-corrected chi connectivity index (χ0v) is 13.0. The lowest BCUT2D eigenvalue weighted by molar-refractivity contribution is -0.136. The summed E-state index contributed by atoms with van der Waals surface area (Å²) in [5.41, 5.74) is 3.91. The molecule has 22 heavy (non-hydrogen) atoms. The molecular weight excluding hydrogens is 325 g/mol. The van der Waals surface area contributed by atoms with Gasteiger partial charge in [0.2, 0.25) is 0 Å².